The molecule has 1 unspecified atom stereocenters. The highest BCUT2D eigenvalue weighted by Gasteiger charge is 2.09. The first-order valence-electron chi connectivity index (χ1n) is 5.04. The lowest BCUT2D eigenvalue weighted by Gasteiger charge is -2.07. The molecule has 0 amide bonds. The van der Waals surface area contributed by atoms with Crippen molar-refractivity contribution in [3.63, 3.8) is 0 Å². The van der Waals surface area contributed by atoms with E-state index in [0.29, 0.717) is 6.42 Å². The molecule has 78 valence electrons. The highest BCUT2D eigenvalue weighted by Crippen LogP contribution is 2.25. The summed E-state index contributed by atoms with van der Waals surface area (Å²) in [5.74, 6) is 0. The highest BCUT2D eigenvalue weighted by atomic mass is 32.1. The van der Waals surface area contributed by atoms with Gasteiger partial charge in [0.2, 0.25) is 0 Å². The molecule has 2 heteroatoms. The molecule has 0 saturated carbocycles. The van der Waals surface area contributed by atoms with Crippen LogP contribution in [0, 0.1) is 6.92 Å². The summed E-state index contributed by atoms with van der Waals surface area (Å²) >= 11 is 1.67. The zero-order valence-corrected chi connectivity index (χ0v) is 9.50. The maximum Gasteiger partial charge on any atom is 0.0922 e. The van der Waals surface area contributed by atoms with Crippen LogP contribution in [0.25, 0.3) is 0 Å². The largest absolute Gasteiger partial charge is 0.387 e. The van der Waals surface area contributed by atoms with E-state index < -0.39 is 0 Å². The molecule has 2 rings (SSSR count). The van der Waals surface area contributed by atoms with E-state index in [9.17, 15) is 5.11 Å². The van der Waals surface area contributed by atoms with E-state index in [1.807, 2.05) is 42.5 Å². The van der Waals surface area contributed by atoms with Crippen LogP contribution < -0.4 is 0 Å². The third-order valence-electron chi connectivity index (χ3n) is 2.36. The summed E-state index contributed by atoms with van der Waals surface area (Å²) in [4.78, 5) is 2.30. The number of aliphatic hydroxyl groups excluding tert-OH is 1. The first-order valence-corrected chi connectivity index (χ1v) is 5.85. The van der Waals surface area contributed by atoms with Crippen molar-refractivity contribution in [3.8, 4) is 0 Å². The van der Waals surface area contributed by atoms with Crippen LogP contribution in [0.1, 0.15) is 21.4 Å². The fourth-order valence-electron chi connectivity index (χ4n) is 1.57. The van der Waals surface area contributed by atoms with Gasteiger partial charge in [-0.3, -0.25) is 0 Å². The molecule has 0 bridgehead atoms. The van der Waals surface area contributed by atoms with E-state index in [4.69, 9.17) is 0 Å². The standard InChI is InChI=1S/C13H14OS/c1-10-7-8-13(15-10)12(14)9-11-5-3-2-4-6-11/h2-8,12,14H,9H2,1H3. The normalized spacial score (nSPS) is 12.7. The van der Waals surface area contributed by atoms with Gasteiger partial charge in [0, 0.05) is 16.2 Å². The molecule has 1 N–H and O–H groups in total. The minimum atomic E-state index is -0.369. The van der Waals surface area contributed by atoms with Crippen LogP contribution in [0.15, 0.2) is 42.5 Å². The van der Waals surface area contributed by atoms with Crippen LogP contribution in [-0.2, 0) is 6.42 Å². The summed E-state index contributed by atoms with van der Waals surface area (Å²) in [5.41, 5.74) is 1.18. The molecule has 1 aromatic carbocycles. The number of thiophene rings is 1. The van der Waals surface area contributed by atoms with E-state index in [2.05, 4.69) is 6.92 Å². The van der Waals surface area contributed by atoms with E-state index in [0.717, 1.165) is 4.88 Å². The molecule has 0 saturated heterocycles. The Kier molecular flexibility index (Phi) is 3.19. The number of aliphatic hydroxyl groups is 1. The summed E-state index contributed by atoms with van der Waals surface area (Å²) in [5, 5.41) is 10.00. The molecule has 1 aromatic heterocycles. The Morgan fingerprint density at radius 1 is 1.13 bits per heavy atom. The molecule has 2 aromatic rings. The molecule has 15 heavy (non-hydrogen) atoms. The predicted molar refractivity (Wildman–Crippen MR) is 64.2 cm³/mol. The maximum absolute atomic E-state index is 10.00. The number of benzene rings is 1. The van der Waals surface area contributed by atoms with Crippen molar-refractivity contribution in [1.82, 2.24) is 0 Å². The monoisotopic (exact) mass is 218 g/mol. The quantitative estimate of drug-likeness (QED) is 0.837. The summed E-state index contributed by atoms with van der Waals surface area (Å²) in [6.07, 6.45) is 0.326. The van der Waals surface area contributed by atoms with Gasteiger partial charge in [-0.15, -0.1) is 11.3 Å². The van der Waals surface area contributed by atoms with E-state index >= 15 is 0 Å². The van der Waals surface area contributed by atoms with Crippen molar-refractivity contribution in [2.45, 2.75) is 19.4 Å². The molecular formula is C13H14OS. The average Bonchev–Trinajstić information content (AvgIpc) is 2.66. The van der Waals surface area contributed by atoms with Gasteiger partial charge in [0.15, 0.2) is 0 Å². The molecular weight excluding hydrogens is 204 g/mol. The lowest BCUT2D eigenvalue weighted by Crippen LogP contribution is -1.98. The van der Waals surface area contributed by atoms with Gasteiger partial charge in [-0.1, -0.05) is 30.3 Å². The molecule has 0 aliphatic heterocycles. The fourth-order valence-corrected chi connectivity index (χ4v) is 2.43. The summed E-state index contributed by atoms with van der Waals surface area (Å²) in [7, 11) is 0. The smallest absolute Gasteiger partial charge is 0.0922 e. The summed E-state index contributed by atoms with van der Waals surface area (Å²) in [6.45, 7) is 2.06. The van der Waals surface area contributed by atoms with Gasteiger partial charge in [0.1, 0.15) is 0 Å². The lowest BCUT2D eigenvalue weighted by molar-refractivity contribution is 0.182. The Balaban J connectivity index is 2.07. The molecule has 0 fully saturated rings. The number of aryl methyl sites for hydroxylation is 1. The Hall–Kier alpha value is -1.12. The van der Waals surface area contributed by atoms with E-state index in [-0.39, 0.29) is 6.10 Å². The zero-order valence-electron chi connectivity index (χ0n) is 8.68. The number of rotatable bonds is 3. The first-order chi connectivity index (χ1) is 7.25. The van der Waals surface area contributed by atoms with E-state index in [1.165, 1.54) is 10.4 Å². The van der Waals surface area contributed by atoms with Crippen molar-refractivity contribution < 1.29 is 5.11 Å². The van der Waals surface area contributed by atoms with Crippen molar-refractivity contribution in [1.29, 1.82) is 0 Å². The fraction of sp³-hybridized carbons (Fsp3) is 0.231. The molecule has 1 heterocycles. The average molecular weight is 218 g/mol. The molecule has 0 spiro atoms. The second kappa shape index (κ2) is 4.60. The van der Waals surface area contributed by atoms with Crippen LogP contribution in [0.5, 0.6) is 0 Å². The molecule has 1 nitrogen and oxygen atoms in total. The zero-order chi connectivity index (χ0) is 10.7. The third-order valence-corrected chi connectivity index (χ3v) is 3.46. The Labute approximate surface area is 94.0 Å². The molecule has 1 atom stereocenters. The Bertz CT molecular complexity index is 419. The predicted octanol–water partition coefficient (Wildman–Crippen LogP) is 3.33. The first kappa shape index (κ1) is 10.4. The van der Waals surface area contributed by atoms with Crippen molar-refractivity contribution >= 4 is 11.3 Å². The maximum atomic E-state index is 10.00. The second-order valence-corrected chi connectivity index (χ2v) is 4.97. The van der Waals surface area contributed by atoms with Crippen LogP contribution in [0.2, 0.25) is 0 Å². The van der Waals surface area contributed by atoms with Crippen LogP contribution in [0.4, 0.5) is 0 Å². The van der Waals surface area contributed by atoms with Crippen LogP contribution in [-0.4, -0.2) is 5.11 Å². The number of hydrogen-bond donors (Lipinski definition) is 1. The Morgan fingerprint density at radius 2 is 1.87 bits per heavy atom. The highest BCUT2D eigenvalue weighted by molar-refractivity contribution is 7.12. The van der Waals surface area contributed by atoms with E-state index in [1.54, 1.807) is 11.3 Å². The van der Waals surface area contributed by atoms with Gasteiger partial charge < -0.3 is 5.11 Å². The molecule has 0 radical (unpaired) electrons. The third kappa shape index (κ3) is 2.67. The second-order valence-electron chi connectivity index (χ2n) is 3.65. The summed E-state index contributed by atoms with van der Waals surface area (Å²) in [6, 6.07) is 14.1. The van der Waals surface area contributed by atoms with Gasteiger partial charge in [-0.05, 0) is 24.6 Å². The van der Waals surface area contributed by atoms with Crippen molar-refractivity contribution in [2.24, 2.45) is 0 Å². The van der Waals surface area contributed by atoms with Crippen molar-refractivity contribution in [3.05, 3.63) is 57.8 Å². The SMILES string of the molecule is Cc1ccc(C(O)Cc2ccccc2)s1. The van der Waals surface area contributed by atoms with Gasteiger partial charge in [-0.25, -0.2) is 0 Å². The van der Waals surface area contributed by atoms with Gasteiger partial charge >= 0.3 is 0 Å². The van der Waals surface area contributed by atoms with Crippen molar-refractivity contribution in [2.75, 3.05) is 0 Å². The lowest BCUT2D eigenvalue weighted by atomic mass is 10.1. The number of hydrogen-bond acceptors (Lipinski definition) is 2. The van der Waals surface area contributed by atoms with Gasteiger partial charge in [0.25, 0.3) is 0 Å². The Morgan fingerprint density at radius 3 is 2.47 bits per heavy atom. The van der Waals surface area contributed by atoms with Gasteiger partial charge in [0.05, 0.1) is 6.10 Å². The topological polar surface area (TPSA) is 20.2 Å². The minimum Gasteiger partial charge on any atom is -0.387 e. The summed E-state index contributed by atoms with van der Waals surface area (Å²) < 4.78 is 0. The minimum absolute atomic E-state index is 0.369. The van der Waals surface area contributed by atoms with Crippen LogP contribution in [0.3, 0.4) is 0 Å². The van der Waals surface area contributed by atoms with Gasteiger partial charge in [-0.2, -0.15) is 0 Å². The van der Waals surface area contributed by atoms with Crippen LogP contribution >= 0.6 is 11.3 Å². The molecule has 0 aliphatic carbocycles. The molecule has 0 aliphatic rings.